The molecule has 158 valence electrons. The van der Waals surface area contributed by atoms with Crippen LogP contribution < -0.4 is 10.6 Å². The second-order valence-electron chi connectivity index (χ2n) is 7.76. The Bertz CT molecular complexity index is 1050. The van der Waals surface area contributed by atoms with Crippen LogP contribution in [-0.2, 0) is 0 Å². The van der Waals surface area contributed by atoms with E-state index in [1.807, 2.05) is 24.3 Å². The number of halogens is 1. The van der Waals surface area contributed by atoms with Crippen LogP contribution in [0.1, 0.15) is 29.6 Å². The third-order valence-corrected chi connectivity index (χ3v) is 7.07. The van der Waals surface area contributed by atoms with Gasteiger partial charge < -0.3 is 15.5 Å². The molecule has 0 atom stereocenters. The Morgan fingerprint density at radius 3 is 2.90 bits per heavy atom. The van der Waals surface area contributed by atoms with Gasteiger partial charge in [-0.3, -0.25) is 4.79 Å². The van der Waals surface area contributed by atoms with Crippen LogP contribution in [0, 0.1) is 5.92 Å². The van der Waals surface area contributed by atoms with E-state index in [1.54, 1.807) is 24.6 Å². The predicted molar refractivity (Wildman–Crippen MR) is 125 cm³/mol. The third-order valence-electron chi connectivity index (χ3n) is 5.68. The molecule has 2 aromatic heterocycles. The van der Waals surface area contributed by atoms with Gasteiger partial charge in [0, 0.05) is 29.2 Å². The number of aromatic nitrogens is 2. The Hall–Kier alpha value is -2.22. The number of fused-ring (bicyclic) bond motifs is 1. The van der Waals surface area contributed by atoms with Crippen molar-refractivity contribution in [2.75, 3.05) is 39.0 Å². The monoisotopic (exact) mass is 443 g/mol. The number of piperidine rings is 1. The van der Waals surface area contributed by atoms with Crippen molar-refractivity contribution < 1.29 is 4.79 Å². The molecule has 6 nitrogen and oxygen atoms in total. The van der Waals surface area contributed by atoms with Crippen LogP contribution in [0.2, 0.25) is 5.02 Å². The molecule has 3 aromatic rings. The van der Waals surface area contributed by atoms with E-state index in [0.29, 0.717) is 22.2 Å². The van der Waals surface area contributed by atoms with Crippen LogP contribution >= 0.6 is 22.9 Å². The molecule has 4 rings (SSSR count). The highest BCUT2D eigenvalue weighted by Crippen LogP contribution is 2.37. The average molecular weight is 444 g/mol. The molecule has 30 heavy (non-hydrogen) atoms. The van der Waals surface area contributed by atoms with Gasteiger partial charge in [-0.05, 0) is 63.5 Å². The second-order valence-corrected chi connectivity index (χ2v) is 9.25. The highest BCUT2D eigenvalue weighted by Gasteiger charge is 2.17. The van der Waals surface area contributed by atoms with Gasteiger partial charge >= 0.3 is 0 Å². The number of benzene rings is 1. The molecule has 8 heteroatoms. The van der Waals surface area contributed by atoms with Crippen LogP contribution in [0.4, 0.5) is 5.95 Å². The van der Waals surface area contributed by atoms with Gasteiger partial charge in [-0.2, -0.15) is 0 Å². The Labute approximate surface area is 185 Å². The van der Waals surface area contributed by atoms with Crippen molar-refractivity contribution in [2.45, 2.75) is 19.3 Å². The molecule has 1 saturated heterocycles. The van der Waals surface area contributed by atoms with Crippen LogP contribution in [0.25, 0.3) is 20.7 Å². The molecular formula is C22H26ClN5OS. The van der Waals surface area contributed by atoms with Gasteiger partial charge in [0.1, 0.15) is 5.69 Å². The average Bonchev–Trinajstić information content (AvgIpc) is 3.20. The van der Waals surface area contributed by atoms with Crippen molar-refractivity contribution in [1.82, 2.24) is 20.2 Å². The summed E-state index contributed by atoms with van der Waals surface area (Å²) in [6.07, 6.45) is 5.26. The fraction of sp³-hybridized carbons (Fsp3) is 0.409. The van der Waals surface area contributed by atoms with E-state index in [1.165, 1.54) is 25.9 Å². The predicted octanol–water partition coefficient (Wildman–Crippen LogP) is 4.52. The molecule has 0 aliphatic carbocycles. The van der Waals surface area contributed by atoms with Crippen LogP contribution in [0.15, 0.2) is 30.5 Å². The molecule has 1 aliphatic heterocycles. The number of rotatable bonds is 6. The summed E-state index contributed by atoms with van der Waals surface area (Å²) >= 11 is 8.00. The maximum absolute atomic E-state index is 12.2. The van der Waals surface area contributed by atoms with Gasteiger partial charge in [0.2, 0.25) is 5.95 Å². The zero-order valence-electron chi connectivity index (χ0n) is 17.2. The number of nitrogens with one attached hydrogen (secondary N) is 2. The van der Waals surface area contributed by atoms with Crippen LogP contribution in [0.5, 0.6) is 0 Å². The van der Waals surface area contributed by atoms with Crippen LogP contribution in [-0.4, -0.2) is 54.5 Å². The molecule has 1 aliphatic rings. The van der Waals surface area contributed by atoms with Gasteiger partial charge in [0.05, 0.1) is 16.1 Å². The first-order chi connectivity index (χ1) is 14.5. The number of anilines is 1. The topological polar surface area (TPSA) is 70.2 Å². The first-order valence-electron chi connectivity index (χ1n) is 10.2. The number of likely N-dealkylation sites (tertiary alicyclic amines) is 1. The van der Waals surface area contributed by atoms with E-state index in [-0.39, 0.29) is 5.91 Å². The Morgan fingerprint density at radius 2 is 2.13 bits per heavy atom. The summed E-state index contributed by atoms with van der Waals surface area (Å²) in [5, 5.41) is 7.47. The second kappa shape index (κ2) is 9.29. The molecule has 1 amide bonds. The Balaban J connectivity index is 1.51. The third kappa shape index (κ3) is 4.58. The van der Waals surface area contributed by atoms with Crippen molar-refractivity contribution in [3.63, 3.8) is 0 Å². The summed E-state index contributed by atoms with van der Waals surface area (Å²) in [7, 11) is 3.82. The summed E-state index contributed by atoms with van der Waals surface area (Å²) in [5.74, 6) is 1.24. The zero-order chi connectivity index (χ0) is 21.1. The van der Waals surface area contributed by atoms with Crippen molar-refractivity contribution in [3.8, 4) is 10.6 Å². The minimum absolute atomic E-state index is 0.102. The molecule has 1 fully saturated rings. The van der Waals surface area contributed by atoms with E-state index in [9.17, 15) is 4.79 Å². The Kier molecular flexibility index (Phi) is 6.51. The Morgan fingerprint density at radius 1 is 1.33 bits per heavy atom. The SMILES string of the molecule is CNC(=O)c1cccc2sc(-c3nc(NCCC4CCN(C)CC4)ncc3Cl)cc12. The summed E-state index contributed by atoms with van der Waals surface area (Å²) in [5.41, 5.74) is 1.34. The first kappa shape index (κ1) is 21.0. The van der Waals surface area contributed by atoms with E-state index in [2.05, 4.69) is 32.5 Å². The number of nitrogens with zero attached hydrogens (tertiary/aromatic N) is 3. The molecule has 0 bridgehead atoms. The number of hydrogen-bond acceptors (Lipinski definition) is 6. The zero-order valence-corrected chi connectivity index (χ0v) is 18.8. The molecule has 0 spiro atoms. The van der Waals surface area contributed by atoms with Gasteiger partial charge in [-0.15, -0.1) is 11.3 Å². The van der Waals surface area contributed by atoms with Gasteiger partial charge in [0.25, 0.3) is 5.91 Å². The van der Waals surface area contributed by atoms with Gasteiger partial charge in [-0.25, -0.2) is 9.97 Å². The van der Waals surface area contributed by atoms with E-state index >= 15 is 0 Å². The molecular weight excluding hydrogens is 418 g/mol. The fourth-order valence-corrected chi connectivity index (χ4v) is 5.21. The number of amides is 1. The quantitative estimate of drug-likeness (QED) is 0.586. The molecule has 3 heterocycles. The fourth-order valence-electron chi connectivity index (χ4n) is 3.87. The van der Waals surface area contributed by atoms with E-state index < -0.39 is 0 Å². The summed E-state index contributed by atoms with van der Waals surface area (Å²) < 4.78 is 1.03. The minimum atomic E-state index is -0.102. The maximum Gasteiger partial charge on any atom is 0.251 e. The lowest BCUT2D eigenvalue weighted by Crippen LogP contribution is -2.30. The maximum atomic E-state index is 12.2. The van der Waals surface area contributed by atoms with Crippen LogP contribution in [0.3, 0.4) is 0 Å². The molecule has 0 unspecified atom stereocenters. The smallest absolute Gasteiger partial charge is 0.251 e. The number of carbonyl (C=O) groups is 1. The highest BCUT2D eigenvalue weighted by molar-refractivity contribution is 7.22. The summed E-state index contributed by atoms with van der Waals surface area (Å²) in [6, 6.07) is 7.72. The van der Waals surface area contributed by atoms with Gasteiger partial charge in [0.15, 0.2) is 0 Å². The van der Waals surface area contributed by atoms with E-state index in [4.69, 9.17) is 11.6 Å². The molecule has 0 saturated carbocycles. The normalized spacial score (nSPS) is 15.4. The van der Waals surface area contributed by atoms with E-state index in [0.717, 1.165) is 33.8 Å². The summed E-state index contributed by atoms with van der Waals surface area (Å²) in [6.45, 7) is 3.20. The molecule has 0 radical (unpaired) electrons. The van der Waals surface area contributed by atoms with Crippen molar-refractivity contribution in [1.29, 1.82) is 0 Å². The first-order valence-corrected chi connectivity index (χ1v) is 11.4. The van der Waals surface area contributed by atoms with Crippen molar-refractivity contribution in [2.24, 2.45) is 5.92 Å². The molecule has 1 aromatic carbocycles. The number of thiophene rings is 1. The number of hydrogen-bond donors (Lipinski definition) is 2. The number of carbonyl (C=O) groups excluding carboxylic acids is 1. The minimum Gasteiger partial charge on any atom is -0.355 e. The highest BCUT2D eigenvalue weighted by atomic mass is 35.5. The lowest BCUT2D eigenvalue weighted by atomic mass is 9.94. The standard InChI is InChI=1S/C22H26ClN5OS/c1-24-21(29)15-4-3-5-18-16(15)12-19(30-18)20-17(23)13-26-22(27-20)25-9-6-14-7-10-28(2)11-8-14/h3-5,12-14H,6-11H2,1-2H3,(H,24,29)(H,25,26,27). The van der Waals surface area contributed by atoms with Crippen molar-refractivity contribution in [3.05, 3.63) is 41.0 Å². The molecule has 2 N–H and O–H groups in total. The van der Waals surface area contributed by atoms with Gasteiger partial charge in [-0.1, -0.05) is 17.7 Å². The largest absolute Gasteiger partial charge is 0.355 e. The summed E-state index contributed by atoms with van der Waals surface area (Å²) in [4.78, 5) is 24.5. The lowest BCUT2D eigenvalue weighted by Gasteiger charge is -2.28. The lowest BCUT2D eigenvalue weighted by molar-refractivity contribution is 0.0965. The van der Waals surface area contributed by atoms with Crippen molar-refractivity contribution >= 4 is 44.9 Å².